The van der Waals surface area contributed by atoms with Gasteiger partial charge in [0.15, 0.2) is 0 Å². The summed E-state index contributed by atoms with van der Waals surface area (Å²) >= 11 is 1.10. The van der Waals surface area contributed by atoms with Gasteiger partial charge in [-0.1, -0.05) is 0 Å². The van der Waals surface area contributed by atoms with Gasteiger partial charge in [-0.3, -0.25) is 0 Å². The SMILES string of the molecule is [Cl][Zr]([Cl])[SiH](CC1C(c2cccs2)=Cc2c1cc1c(c2-c2ccccc2)CCC1)CC1C(c2cccs2)=Cc2c1cc1c(c2-c2ccccc2)CCC1. The van der Waals surface area contributed by atoms with Crippen LogP contribution in [0.1, 0.15) is 78.9 Å². The van der Waals surface area contributed by atoms with E-state index in [9.17, 15) is 0 Å². The number of thiophene rings is 2. The maximum atomic E-state index is 7.43. The molecule has 0 bridgehead atoms. The van der Waals surface area contributed by atoms with Crippen LogP contribution >= 0.6 is 39.7 Å². The van der Waals surface area contributed by atoms with Crippen molar-refractivity contribution in [3.05, 3.63) is 162 Å². The summed E-state index contributed by atoms with van der Waals surface area (Å²) < 4.78 is 0. The molecule has 0 spiro atoms. The second kappa shape index (κ2) is 14.3. The van der Waals surface area contributed by atoms with Gasteiger partial charge in [0.1, 0.15) is 0 Å². The summed E-state index contributed by atoms with van der Waals surface area (Å²) in [5.41, 5.74) is 20.9. The molecule has 6 heteroatoms. The summed E-state index contributed by atoms with van der Waals surface area (Å²) in [6, 6.07) is 39.0. The standard InChI is InChI=1S/C46H39S2Si.2ClH.Zr/c1-3-11-29(12-4-1)45-33-17-7-15-31(33)23-35-39(45)25-37(43-19-9-21-47-43)41(35)27-49-28-42-36-24-32-16-8-18-34(32)46(30-13-5-2-6-14-30)40(36)26-38(42)44-20-10-22-48-44;;;/h1-6,9-14,19-26,41-42,49H,7-8,15-18,27-28H2;2*1H;/q;;;+2/p-2. The van der Waals surface area contributed by atoms with E-state index in [1.807, 2.05) is 22.7 Å². The fourth-order valence-electron chi connectivity index (χ4n) is 9.90. The monoisotopic (exact) mass is 843 g/mol. The molecule has 0 fully saturated rings. The number of fused-ring (bicyclic) bond motifs is 4. The molecule has 2 aromatic heterocycles. The van der Waals surface area contributed by atoms with Crippen molar-refractivity contribution < 1.29 is 18.5 Å². The Balaban J connectivity index is 1.09. The van der Waals surface area contributed by atoms with Gasteiger partial charge in [-0.05, 0) is 0 Å². The van der Waals surface area contributed by atoms with Crippen molar-refractivity contribution in [1.29, 1.82) is 0 Å². The second-order valence-electron chi connectivity index (χ2n) is 14.9. The molecule has 257 valence electrons. The molecule has 52 heavy (non-hydrogen) atoms. The molecular formula is C46H39Cl2S2SiZr. The quantitative estimate of drug-likeness (QED) is 0.127. The molecule has 2 unspecified atom stereocenters. The zero-order valence-corrected chi connectivity index (χ0v) is 35.8. The zero-order valence-electron chi connectivity index (χ0n) is 29.0. The van der Waals surface area contributed by atoms with E-state index in [2.05, 4.69) is 120 Å². The summed E-state index contributed by atoms with van der Waals surface area (Å²) in [5.74, 6) is -0.886. The van der Waals surface area contributed by atoms with E-state index in [1.54, 1.807) is 22.3 Å². The van der Waals surface area contributed by atoms with Gasteiger partial charge in [0.2, 0.25) is 0 Å². The van der Waals surface area contributed by atoms with Gasteiger partial charge in [-0.25, -0.2) is 0 Å². The Morgan fingerprint density at radius 1 is 0.577 bits per heavy atom. The predicted octanol–water partition coefficient (Wildman–Crippen LogP) is 13.7. The molecule has 0 nitrogen and oxygen atoms in total. The number of allylic oxidation sites excluding steroid dienone is 2. The molecule has 4 aliphatic rings. The first-order valence-electron chi connectivity index (χ1n) is 18.8. The van der Waals surface area contributed by atoms with Crippen LogP contribution in [0, 0.1) is 0 Å². The van der Waals surface area contributed by atoms with Crippen LogP contribution in [0.15, 0.2) is 108 Å². The minimum atomic E-state index is -2.66. The van der Waals surface area contributed by atoms with E-state index in [1.165, 1.54) is 104 Å². The van der Waals surface area contributed by atoms with Crippen molar-refractivity contribution in [1.82, 2.24) is 0 Å². The van der Waals surface area contributed by atoms with E-state index >= 15 is 0 Å². The van der Waals surface area contributed by atoms with Crippen molar-refractivity contribution in [2.75, 3.05) is 0 Å². The first-order valence-corrected chi connectivity index (χ1v) is 33.3. The molecule has 10 rings (SSSR count). The molecule has 2 atom stereocenters. The summed E-state index contributed by atoms with van der Waals surface area (Å²) in [6.45, 7) is 0. The normalized spacial score (nSPS) is 18.8. The van der Waals surface area contributed by atoms with Crippen LogP contribution in [-0.2, 0) is 44.2 Å². The van der Waals surface area contributed by atoms with Crippen molar-refractivity contribution in [2.45, 2.75) is 62.4 Å². The van der Waals surface area contributed by atoms with Crippen LogP contribution in [-0.4, -0.2) is 5.92 Å². The van der Waals surface area contributed by atoms with Crippen LogP contribution in [0.5, 0.6) is 0 Å². The van der Waals surface area contributed by atoms with Crippen LogP contribution < -0.4 is 0 Å². The summed E-state index contributed by atoms with van der Waals surface area (Å²) in [6.07, 6.45) is 12.3. The van der Waals surface area contributed by atoms with E-state index < -0.39 is 24.4 Å². The fourth-order valence-corrected chi connectivity index (χ4v) is 26.6. The van der Waals surface area contributed by atoms with Crippen LogP contribution in [0.2, 0.25) is 12.1 Å². The zero-order chi connectivity index (χ0) is 34.8. The maximum absolute atomic E-state index is 7.43. The van der Waals surface area contributed by atoms with Gasteiger partial charge in [-0.15, -0.1) is 0 Å². The molecule has 0 saturated carbocycles. The van der Waals surface area contributed by atoms with Crippen molar-refractivity contribution in [3.8, 4) is 22.3 Å². The van der Waals surface area contributed by atoms with Gasteiger partial charge >= 0.3 is 334 Å². The number of rotatable bonds is 9. The number of hydrogen-bond donors (Lipinski definition) is 0. The van der Waals surface area contributed by atoms with Crippen molar-refractivity contribution in [3.63, 3.8) is 0 Å². The van der Waals surface area contributed by atoms with Crippen LogP contribution in [0.3, 0.4) is 0 Å². The van der Waals surface area contributed by atoms with Crippen LogP contribution in [0.4, 0.5) is 0 Å². The average molecular weight is 846 g/mol. The molecule has 2 heterocycles. The Bertz CT molecular complexity index is 2180. The van der Waals surface area contributed by atoms with Gasteiger partial charge in [0.25, 0.3) is 0 Å². The molecule has 0 aliphatic heterocycles. The predicted molar refractivity (Wildman–Crippen MR) is 226 cm³/mol. The van der Waals surface area contributed by atoms with Crippen molar-refractivity contribution >= 4 is 68.9 Å². The molecule has 6 aromatic rings. The minimum absolute atomic E-state index is 0.349. The molecule has 0 N–H and O–H groups in total. The van der Waals surface area contributed by atoms with Gasteiger partial charge in [-0.2, -0.15) is 0 Å². The summed E-state index contributed by atoms with van der Waals surface area (Å²) in [5, 5.41) is 4.48. The second-order valence-corrected chi connectivity index (χ2v) is 40.3. The first kappa shape index (κ1) is 34.0. The molecule has 0 saturated heterocycles. The molecule has 0 amide bonds. The molecule has 0 radical (unpaired) electrons. The molecule has 4 aliphatic carbocycles. The molecular weight excluding hydrogens is 807 g/mol. The summed E-state index contributed by atoms with van der Waals surface area (Å²) in [7, 11) is 14.9. The van der Waals surface area contributed by atoms with E-state index in [4.69, 9.17) is 17.0 Å². The Morgan fingerprint density at radius 3 is 1.44 bits per heavy atom. The van der Waals surface area contributed by atoms with Gasteiger partial charge in [0.05, 0.1) is 0 Å². The van der Waals surface area contributed by atoms with Gasteiger partial charge in [0, 0.05) is 0 Å². The van der Waals surface area contributed by atoms with Crippen LogP contribution in [0.25, 0.3) is 45.6 Å². The van der Waals surface area contributed by atoms with E-state index in [-0.39, 0.29) is 0 Å². The average Bonchev–Trinajstić information content (AvgIpc) is 4.03. The fraction of sp³-hybridized carbons (Fsp3) is 0.217. The van der Waals surface area contributed by atoms with Gasteiger partial charge < -0.3 is 0 Å². The Labute approximate surface area is 331 Å². The van der Waals surface area contributed by atoms with E-state index in [0.29, 0.717) is 11.8 Å². The third-order valence-electron chi connectivity index (χ3n) is 12.1. The number of aryl methyl sites for hydroxylation is 2. The number of hydrogen-bond acceptors (Lipinski definition) is 2. The van der Waals surface area contributed by atoms with Crippen molar-refractivity contribution in [2.24, 2.45) is 0 Å². The molecule has 4 aromatic carbocycles. The number of benzene rings is 4. The third-order valence-corrected chi connectivity index (χ3v) is 35.6. The summed E-state index contributed by atoms with van der Waals surface area (Å²) in [4.78, 5) is 2.80. The Morgan fingerprint density at radius 2 is 1.04 bits per heavy atom. The third kappa shape index (κ3) is 5.92. The number of halogens is 2. The van der Waals surface area contributed by atoms with E-state index in [0.717, 1.165) is 12.1 Å². The Kier molecular flexibility index (Phi) is 9.31. The Hall–Kier alpha value is -2.56. The first-order chi connectivity index (χ1) is 25.6. The topological polar surface area (TPSA) is 0 Å².